The third-order valence-corrected chi connectivity index (χ3v) is 1.74. The van der Waals surface area contributed by atoms with Gasteiger partial charge in [-0.2, -0.15) is 0 Å². The van der Waals surface area contributed by atoms with Crippen LogP contribution in [0.4, 0.5) is 5.69 Å². The molecular weight excluding hydrogens is 205 g/mol. The topological polar surface area (TPSA) is 78.8 Å². The van der Waals surface area contributed by atoms with Gasteiger partial charge in [-0.1, -0.05) is 0 Å². The van der Waals surface area contributed by atoms with E-state index in [1.807, 2.05) is 0 Å². The van der Waals surface area contributed by atoms with Crippen molar-refractivity contribution >= 4 is 20.2 Å². The zero-order valence-corrected chi connectivity index (χ0v) is 8.36. The second-order valence-electron chi connectivity index (χ2n) is 2.55. The third-order valence-electron chi connectivity index (χ3n) is 1.36. The molecular formula is C8H10NO4P. The molecule has 3 N–H and O–H groups in total. The molecule has 0 bridgehead atoms. The Hall–Kier alpha value is -1.16. The molecule has 0 aliphatic carbocycles. The Morgan fingerprint density at radius 3 is 2.36 bits per heavy atom. The number of rotatable bonds is 3. The number of nitrogens with one attached hydrogen (secondary N) is 1. The molecule has 1 aromatic carbocycles. The van der Waals surface area contributed by atoms with Gasteiger partial charge in [0, 0.05) is 12.6 Å². The SMILES string of the molecule is CC(=O)Nc1ccc(OP(O)O)cc1. The fraction of sp³-hybridized carbons (Fsp3) is 0.125. The van der Waals surface area contributed by atoms with Crippen molar-refractivity contribution in [3.05, 3.63) is 24.3 Å². The Bertz CT molecular complexity index is 312. The lowest BCUT2D eigenvalue weighted by Crippen LogP contribution is -2.05. The van der Waals surface area contributed by atoms with E-state index in [4.69, 9.17) is 9.79 Å². The van der Waals surface area contributed by atoms with E-state index in [-0.39, 0.29) is 5.91 Å². The summed E-state index contributed by atoms with van der Waals surface area (Å²) in [7, 11) is -2.39. The van der Waals surface area contributed by atoms with Crippen LogP contribution in [-0.2, 0) is 4.79 Å². The van der Waals surface area contributed by atoms with E-state index in [0.29, 0.717) is 11.4 Å². The van der Waals surface area contributed by atoms with Crippen LogP contribution in [-0.4, -0.2) is 15.7 Å². The lowest BCUT2D eigenvalue weighted by Gasteiger charge is -2.06. The normalized spacial score (nSPS) is 10.0. The van der Waals surface area contributed by atoms with Crippen molar-refractivity contribution < 1.29 is 19.1 Å². The number of carbonyl (C=O) groups excluding carboxylic acids is 1. The minimum atomic E-state index is -2.39. The van der Waals surface area contributed by atoms with Gasteiger partial charge in [-0.3, -0.25) is 4.79 Å². The highest BCUT2D eigenvalue weighted by Crippen LogP contribution is 2.29. The molecule has 14 heavy (non-hydrogen) atoms. The first-order valence-corrected chi connectivity index (χ1v) is 4.98. The number of amides is 1. The van der Waals surface area contributed by atoms with E-state index in [1.54, 1.807) is 12.1 Å². The van der Waals surface area contributed by atoms with Crippen LogP contribution in [0.2, 0.25) is 0 Å². The van der Waals surface area contributed by atoms with Crippen molar-refractivity contribution in [2.24, 2.45) is 0 Å². The summed E-state index contributed by atoms with van der Waals surface area (Å²) in [5.74, 6) is 0.181. The van der Waals surface area contributed by atoms with Crippen molar-refractivity contribution in [1.29, 1.82) is 0 Å². The third kappa shape index (κ3) is 3.70. The maximum Gasteiger partial charge on any atom is 0.391 e. The number of carbonyl (C=O) groups is 1. The maximum absolute atomic E-state index is 10.7. The molecule has 5 nitrogen and oxygen atoms in total. The predicted molar refractivity (Wildman–Crippen MR) is 52.7 cm³/mol. The van der Waals surface area contributed by atoms with E-state index in [2.05, 4.69) is 9.84 Å². The van der Waals surface area contributed by atoms with Gasteiger partial charge >= 0.3 is 8.60 Å². The molecule has 1 aromatic rings. The van der Waals surface area contributed by atoms with Gasteiger partial charge in [0.1, 0.15) is 5.75 Å². The summed E-state index contributed by atoms with van der Waals surface area (Å²) in [6.45, 7) is 1.41. The van der Waals surface area contributed by atoms with Crippen LogP contribution in [0.15, 0.2) is 24.3 Å². The summed E-state index contributed by atoms with van der Waals surface area (Å²) in [5.41, 5.74) is 0.630. The Labute approximate surface area is 82.3 Å². The number of anilines is 1. The first-order chi connectivity index (χ1) is 6.58. The van der Waals surface area contributed by atoms with Gasteiger partial charge in [0.25, 0.3) is 0 Å². The van der Waals surface area contributed by atoms with E-state index in [9.17, 15) is 4.79 Å². The van der Waals surface area contributed by atoms with Crippen molar-refractivity contribution in [1.82, 2.24) is 0 Å². The zero-order valence-electron chi connectivity index (χ0n) is 7.47. The largest absolute Gasteiger partial charge is 0.427 e. The Kier molecular flexibility index (Phi) is 3.83. The van der Waals surface area contributed by atoms with Crippen LogP contribution in [0.3, 0.4) is 0 Å². The summed E-state index contributed by atoms with van der Waals surface area (Å²) >= 11 is 0. The lowest BCUT2D eigenvalue weighted by molar-refractivity contribution is -0.114. The Balaban J connectivity index is 2.63. The second kappa shape index (κ2) is 4.91. The molecule has 0 saturated heterocycles. The summed E-state index contributed by atoms with van der Waals surface area (Å²) in [5, 5.41) is 2.57. The first-order valence-electron chi connectivity index (χ1n) is 3.81. The average molecular weight is 215 g/mol. The zero-order chi connectivity index (χ0) is 10.6. The highest BCUT2D eigenvalue weighted by atomic mass is 31.2. The molecule has 0 aliphatic rings. The number of benzene rings is 1. The molecule has 0 heterocycles. The van der Waals surface area contributed by atoms with Crippen molar-refractivity contribution in [3.63, 3.8) is 0 Å². The summed E-state index contributed by atoms with van der Waals surface area (Å²) < 4.78 is 4.64. The molecule has 0 aromatic heterocycles. The molecule has 1 amide bonds. The molecule has 76 valence electrons. The fourth-order valence-corrected chi connectivity index (χ4v) is 1.21. The van der Waals surface area contributed by atoms with E-state index >= 15 is 0 Å². The van der Waals surface area contributed by atoms with Gasteiger partial charge in [0.15, 0.2) is 0 Å². The van der Waals surface area contributed by atoms with Crippen LogP contribution in [0.1, 0.15) is 6.92 Å². The lowest BCUT2D eigenvalue weighted by atomic mass is 10.3. The van der Waals surface area contributed by atoms with Crippen LogP contribution in [0.25, 0.3) is 0 Å². The molecule has 6 heteroatoms. The molecule has 0 radical (unpaired) electrons. The van der Waals surface area contributed by atoms with Gasteiger partial charge in [-0.15, -0.1) is 0 Å². The highest BCUT2D eigenvalue weighted by Gasteiger charge is 2.02. The van der Waals surface area contributed by atoms with Crippen molar-refractivity contribution in [3.8, 4) is 5.75 Å². The maximum atomic E-state index is 10.7. The summed E-state index contributed by atoms with van der Waals surface area (Å²) in [4.78, 5) is 27.8. The highest BCUT2D eigenvalue weighted by molar-refractivity contribution is 7.39. The van der Waals surface area contributed by atoms with Gasteiger partial charge < -0.3 is 19.6 Å². The van der Waals surface area contributed by atoms with Crippen LogP contribution >= 0.6 is 8.60 Å². The van der Waals surface area contributed by atoms with Crippen LogP contribution in [0, 0.1) is 0 Å². The van der Waals surface area contributed by atoms with Crippen LogP contribution < -0.4 is 9.84 Å². The molecule has 1 rings (SSSR count). The predicted octanol–water partition coefficient (Wildman–Crippen LogP) is 1.24. The quantitative estimate of drug-likeness (QED) is 0.662. The minimum absolute atomic E-state index is 0.162. The summed E-state index contributed by atoms with van der Waals surface area (Å²) in [6, 6.07) is 6.28. The van der Waals surface area contributed by atoms with E-state index in [0.717, 1.165) is 0 Å². The van der Waals surface area contributed by atoms with Crippen LogP contribution in [0.5, 0.6) is 5.75 Å². The van der Waals surface area contributed by atoms with Crippen molar-refractivity contribution in [2.75, 3.05) is 5.32 Å². The standard InChI is InChI=1S/C8H10NO4P/c1-6(10)9-7-2-4-8(5-3-7)13-14(11)12/h2-5,11-12H,1H3,(H,9,10). The van der Waals surface area contributed by atoms with Gasteiger partial charge in [-0.25, -0.2) is 0 Å². The smallest absolute Gasteiger partial charge is 0.391 e. The molecule has 0 aliphatic heterocycles. The number of hydrogen-bond donors (Lipinski definition) is 3. The molecule has 0 fully saturated rings. The summed E-state index contributed by atoms with van der Waals surface area (Å²) in [6.07, 6.45) is 0. The monoisotopic (exact) mass is 215 g/mol. The van der Waals surface area contributed by atoms with E-state index in [1.165, 1.54) is 19.1 Å². The second-order valence-corrected chi connectivity index (χ2v) is 3.24. The molecule has 0 atom stereocenters. The Morgan fingerprint density at radius 2 is 1.93 bits per heavy atom. The minimum Gasteiger partial charge on any atom is -0.427 e. The Morgan fingerprint density at radius 1 is 1.36 bits per heavy atom. The van der Waals surface area contributed by atoms with Gasteiger partial charge in [0.05, 0.1) is 0 Å². The molecule has 0 spiro atoms. The molecule has 0 saturated carbocycles. The molecule has 0 unspecified atom stereocenters. The van der Waals surface area contributed by atoms with Crippen molar-refractivity contribution in [2.45, 2.75) is 6.92 Å². The average Bonchev–Trinajstić information content (AvgIpc) is 2.06. The van der Waals surface area contributed by atoms with Gasteiger partial charge in [0.2, 0.25) is 5.91 Å². The first kappa shape index (κ1) is 10.9. The fourth-order valence-electron chi connectivity index (χ4n) is 0.897. The van der Waals surface area contributed by atoms with Gasteiger partial charge in [-0.05, 0) is 24.3 Å². The van der Waals surface area contributed by atoms with E-state index < -0.39 is 8.60 Å². The number of hydrogen-bond acceptors (Lipinski definition) is 4.